The molecule has 0 aliphatic carbocycles. The van der Waals surface area contributed by atoms with Crippen LogP contribution in [0.5, 0.6) is 0 Å². The van der Waals surface area contributed by atoms with Crippen molar-refractivity contribution < 1.29 is 4.79 Å². The van der Waals surface area contributed by atoms with Crippen molar-refractivity contribution in [3.8, 4) is 0 Å². The molecule has 1 aromatic rings. The first-order valence-electron chi connectivity index (χ1n) is 5.26. The van der Waals surface area contributed by atoms with Crippen molar-refractivity contribution in [2.75, 3.05) is 6.54 Å². The highest BCUT2D eigenvalue weighted by Gasteiger charge is 2.17. The van der Waals surface area contributed by atoms with E-state index in [9.17, 15) is 4.79 Å². The largest absolute Gasteiger partial charge is 0.314 e. The van der Waals surface area contributed by atoms with Crippen LogP contribution in [0.3, 0.4) is 0 Å². The summed E-state index contributed by atoms with van der Waals surface area (Å²) in [4.78, 5) is 11.8. The van der Waals surface area contributed by atoms with E-state index in [4.69, 9.17) is 11.6 Å². The van der Waals surface area contributed by atoms with Gasteiger partial charge in [-0.05, 0) is 25.5 Å². The van der Waals surface area contributed by atoms with E-state index in [1.165, 1.54) is 24.2 Å². The van der Waals surface area contributed by atoms with Gasteiger partial charge in [-0.15, -0.1) is 11.3 Å². The molecule has 1 aromatic heterocycles. The first-order chi connectivity index (χ1) is 7.25. The van der Waals surface area contributed by atoms with Crippen molar-refractivity contribution in [2.24, 2.45) is 0 Å². The third-order valence-electron chi connectivity index (χ3n) is 2.73. The fourth-order valence-electron chi connectivity index (χ4n) is 1.90. The second-order valence-electron chi connectivity index (χ2n) is 3.91. The van der Waals surface area contributed by atoms with E-state index in [2.05, 4.69) is 5.32 Å². The van der Waals surface area contributed by atoms with E-state index in [0.717, 1.165) is 18.5 Å². The van der Waals surface area contributed by atoms with Crippen molar-refractivity contribution >= 4 is 28.7 Å². The molecule has 1 unspecified atom stereocenters. The highest BCUT2D eigenvalue weighted by molar-refractivity contribution is 7.14. The molecular weight excluding hydrogens is 230 g/mol. The van der Waals surface area contributed by atoms with Crippen molar-refractivity contribution in [1.82, 2.24) is 5.32 Å². The quantitative estimate of drug-likeness (QED) is 0.827. The number of nitrogens with one attached hydrogen (secondary N) is 1. The summed E-state index contributed by atoms with van der Waals surface area (Å²) in [5.41, 5.74) is 0.761. The van der Waals surface area contributed by atoms with Crippen LogP contribution in [0.15, 0.2) is 11.4 Å². The van der Waals surface area contributed by atoms with Crippen LogP contribution in [0.2, 0.25) is 4.34 Å². The first-order valence-corrected chi connectivity index (χ1v) is 6.52. The lowest BCUT2D eigenvalue weighted by molar-refractivity contribution is 0.0964. The minimum Gasteiger partial charge on any atom is -0.314 e. The van der Waals surface area contributed by atoms with Crippen LogP contribution in [-0.4, -0.2) is 18.4 Å². The molecule has 0 bridgehead atoms. The maximum absolute atomic E-state index is 11.8. The monoisotopic (exact) mass is 243 g/mol. The minimum atomic E-state index is 0.206. The summed E-state index contributed by atoms with van der Waals surface area (Å²) in [6.07, 6.45) is 4.18. The van der Waals surface area contributed by atoms with Crippen LogP contribution in [0.1, 0.15) is 36.0 Å². The topological polar surface area (TPSA) is 29.1 Å². The number of hydrogen-bond donors (Lipinski definition) is 1. The van der Waals surface area contributed by atoms with Gasteiger partial charge in [0.1, 0.15) is 0 Å². The predicted molar refractivity (Wildman–Crippen MR) is 63.9 cm³/mol. The molecule has 4 heteroatoms. The van der Waals surface area contributed by atoms with Gasteiger partial charge in [0.15, 0.2) is 5.78 Å². The van der Waals surface area contributed by atoms with Crippen LogP contribution >= 0.6 is 22.9 Å². The van der Waals surface area contributed by atoms with E-state index in [1.54, 1.807) is 6.07 Å². The number of carbonyl (C=O) groups excluding carboxylic acids is 1. The lowest BCUT2D eigenvalue weighted by Crippen LogP contribution is -2.35. The Labute approximate surface area is 98.6 Å². The molecule has 2 heterocycles. The SMILES string of the molecule is O=C(CC1CCCCN1)c1csc(Cl)c1. The Bertz CT molecular complexity index is 344. The highest BCUT2D eigenvalue weighted by atomic mass is 35.5. The molecule has 0 saturated carbocycles. The number of piperidine rings is 1. The van der Waals surface area contributed by atoms with E-state index < -0.39 is 0 Å². The zero-order chi connectivity index (χ0) is 10.7. The number of Topliss-reactive ketones (excluding diaryl/α,β-unsaturated/α-hetero) is 1. The van der Waals surface area contributed by atoms with Crippen LogP contribution in [0, 0.1) is 0 Å². The lowest BCUT2D eigenvalue weighted by atomic mass is 9.98. The molecule has 15 heavy (non-hydrogen) atoms. The molecule has 0 amide bonds. The maximum Gasteiger partial charge on any atom is 0.165 e. The highest BCUT2D eigenvalue weighted by Crippen LogP contribution is 2.22. The fraction of sp³-hybridized carbons (Fsp3) is 0.545. The van der Waals surface area contributed by atoms with Gasteiger partial charge >= 0.3 is 0 Å². The molecule has 2 rings (SSSR count). The zero-order valence-electron chi connectivity index (χ0n) is 8.46. The first kappa shape index (κ1) is 11.1. The molecule has 1 saturated heterocycles. The van der Waals surface area contributed by atoms with Crippen molar-refractivity contribution in [2.45, 2.75) is 31.7 Å². The predicted octanol–water partition coefficient (Wildman–Crippen LogP) is 3.12. The second-order valence-corrected chi connectivity index (χ2v) is 5.46. The normalized spacial score (nSPS) is 21.5. The van der Waals surface area contributed by atoms with E-state index in [0.29, 0.717) is 16.8 Å². The van der Waals surface area contributed by atoms with Crippen molar-refractivity contribution in [1.29, 1.82) is 0 Å². The van der Waals surface area contributed by atoms with E-state index in [1.807, 2.05) is 5.38 Å². The van der Waals surface area contributed by atoms with Crippen LogP contribution in [0.4, 0.5) is 0 Å². The molecular formula is C11H14ClNOS. The summed E-state index contributed by atoms with van der Waals surface area (Å²) < 4.78 is 0.690. The molecule has 1 atom stereocenters. The number of carbonyl (C=O) groups is 1. The fourth-order valence-corrected chi connectivity index (χ4v) is 2.78. The molecule has 0 spiro atoms. The van der Waals surface area contributed by atoms with Gasteiger partial charge in [0.2, 0.25) is 0 Å². The van der Waals surface area contributed by atoms with Gasteiger partial charge in [-0.2, -0.15) is 0 Å². The Hall–Kier alpha value is -0.380. The Morgan fingerprint density at radius 2 is 2.47 bits per heavy atom. The molecule has 0 radical (unpaired) electrons. The van der Waals surface area contributed by atoms with Gasteiger partial charge in [0, 0.05) is 23.4 Å². The molecule has 82 valence electrons. The third-order valence-corrected chi connectivity index (χ3v) is 3.82. The number of halogens is 1. The van der Waals surface area contributed by atoms with Gasteiger partial charge in [-0.3, -0.25) is 4.79 Å². The van der Waals surface area contributed by atoms with Crippen LogP contribution < -0.4 is 5.32 Å². The molecule has 0 aromatic carbocycles. The molecule has 1 fully saturated rings. The summed E-state index contributed by atoms with van der Waals surface area (Å²) in [6, 6.07) is 2.13. The summed E-state index contributed by atoms with van der Waals surface area (Å²) in [6.45, 7) is 1.04. The molecule has 1 aliphatic heterocycles. The van der Waals surface area contributed by atoms with Crippen molar-refractivity contribution in [3.05, 3.63) is 21.3 Å². The Morgan fingerprint density at radius 3 is 3.07 bits per heavy atom. The van der Waals surface area contributed by atoms with E-state index >= 15 is 0 Å². The Morgan fingerprint density at radius 1 is 1.60 bits per heavy atom. The maximum atomic E-state index is 11.8. The standard InChI is InChI=1S/C11H14ClNOS/c12-11-5-8(7-15-11)10(14)6-9-3-1-2-4-13-9/h5,7,9,13H,1-4,6H2. The summed E-state index contributed by atoms with van der Waals surface area (Å²) in [5.74, 6) is 0.206. The van der Waals surface area contributed by atoms with Gasteiger partial charge < -0.3 is 5.32 Å². The van der Waals surface area contributed by atoms with Gasteiger partial charge in [-0.1, -0.05) is 18.0 Å². The minimum absolute atomic E-state index is 0.206. The molecule has 1 aliphatic rings. The number of thiophene rings is 1. The number of rotatable bonds is 3. The van der Waals surface area contributed by atoms with Crippen LogP contribution in [-0.2, 0) is 0 Å². The van der Waals surface area contributed by atoms with Crippen LogP contribution in [0.25, 0.3) is 0 Å². The summed E-state index contributed by atoms with van der Waals surface area (Å²) >= 11 is 7.22. The summed E-state index contributed by atoms with van der Waals surface area (Å²) in [7, 11) is 0. The lowest BCUT2D eigenvalue weighted by Gasteiger charge is -2.22. The van der Waals surface area contributed by atoms with E-state index in [-0.39, 0.29) is 5.78 Å². The van der Waals surface area contributed by atoms with Gasteiger partial charge in [0.25, 0.3) is 0 Å². The summed E-state index contributed by atoms with van der Waals surface area (Å²) in [5, 5.41) is 5.22. The van der Waals surface area contributed by atoms with Gasteiger partial charge in [0.05, 0.1) is 4.34 Å². The zero-order valence-corrected chi connectivity index (χ0v) is 10.0. The van der Waals surface area contributed by atoms with Gasteiger partial charge in [-0.25, -0.2) is 0 Å². The second kappa shape index (κ2) is 5.10. The average molecular weight is 244 g/mol. The number of ketones is 1. The third kappa shape index (κ3) is 3.03. The number of hydrogen-bond acceptors (Lipinski definition) is 3. The molecule has 2 nitrogen and oxygen atoms in total. The average Bonchev–Trinajstić information content (AvgIpc) is 2.66. The van der Waals surface area contributed by atoms with Crippen molar-refractivity contribution in [3.63, 3.8) is 0 Å². The Balaban J connectivity index is 1.91. The smallest absolute Gasteiger partial charge is 0.165 e. The Kier molecular flexibility index (Phi) is 3.78. The molecule has 1 N–H and O–H groups in total.